The minimum atomic E-state index is -0.459. The van der Waals surface area contributed by atoms with Gasteiger partial charge in [0.25, 0.3) is 0 Å². The van der Waals surface area contributed by atoms with Crippen LogP contribution in [0.15, 0.2) is 0 Å². The van der Waals surface area contributed by atoms with Gasteiger partial charge in [0.05, 0.1) is 0 Å². The number of carbonyl (C=O) groups excluding carboxylic acids is 2. The Hall–Kier alpha value is -0.580. The molecule has 0 bridgehead atoms. The number of unbranched alkanes of at least 4 members (excludes halogenated alkanes) is 1. The van der Waals surface area contributed by atoms with E-state index in [1.807, 2.05) is 13.8 Å². The van der Waals surface area contributed by atoms with Gasteiger partial charge in [-0.1, -0.05) is 15.9 Å². The lowest BCUT2D eigenvalue weighted by Gasteiger charge is -2.15. The number of hydrogen-bond acceptors (Lipinski definition) is 2. The van der Waals surface area contributed by atoms with Gasteiger partial charge in [-0.3, -0.25) is 9.59 Å². The van der Waals surface area contributed by atoms with Crippen molar-refractivity contribution in [1.29, 1.82) is 0 Å². The van der Waals surface area contributed by atoms with Crippen LogP contribution in [0.1, 0.15) is 40.0 Å². The summed E-state index contributed by atoms with van der Waals surface area (Å²) < 4.78 is 0. The largest absolute Gasteiger partial charge is 0.352 e. The standard InChI is InChI=1S/C11H21BrN2O2/c1-8(2)13-11(16)9(3)14-10(15)6-4-5-7-12/h8-9H,4-7H2,1-3H3,(H,13,16)(H,14,15). The first-order valence-corrected chi connectivity index (χ1v) is 6.75. The van der Waals surface area contributed by atoms with E-state index in [2.05, 4.69) is 26.6 Å². The molecule has 0 fully saturated rings. The lowest BCUT2D eigenvalue weighted by molar-refractivity contribution is -0.128. The minimum Gasteiger partial charge on any atom is -0.352 e. The third-order valence-corrected chi connectivity index (χ3v) is 2.55. The molecule has 0 saturated heterocycles. The van der Waals surface area contributed by atoms with E-state index >= 15 is 0 Å². The Bertz CT molecular complexity index is 232. The fourth-order valence-electron chi connectivity index (χ4n) is 1.17. The van der Waals surface area contributed by atoms with E-state index in [1.165, 1.54) is 0 Å². The highest BCUT2D eigenvalue weighted by Crippen LogP contribution is 1.98. The van der Waals surface area contributed by atoms with E-state index in [-0.39, 0.29) is 17.9 Å². The quantitative estimate of drug-likeness (QED) is 0.553. The molecule has 0 radical (unpaired) electrons. The van der Waals surface area contributed by atoms with Crippen molar-refractivity contribution < 1.29 is 9.59 Å². The predicted molar refractivity (Wildman–Crippen MR) is 68.5 cm³/mol. The maximum Gasteiger partial charge on any atom is 0.242 e. The molecule has 0 rings (SSSR count). The first-order valence-electron chi connectivity index (χ1n) is 5.63. The molecule has 0 aromatic carbocycles. The number of amides is 2. The number of alkyl halides is 1. The van der Waals surface area contributed by atoms with Gasteiger partial charge < -0.3 is 10.6 Å². The lowest BCUT2D eigenvalue weighted by Crippen LogP contribution is -2.46. The SMILES string of the molecule is CC(C)NC(=O)C(C)NC(=O)CCCCBr. The summed E-state index contributed by atoms with van der Waals surface area (Å²) in [5.74, 6) is -0.198. The van der Waals surface area contributed by atoms with Crippen molar-refractivity contribution in [3.8, 4) is 0 Å². The average Bonchev–Trinajstić information content (AvgIpc) is 2.16. The van der Waals surface area contributed by atoms with Gasteiger partial charge in [0.1, 0.15) is 6.04 Å². The molecule has 0 saturated carbocycles. The Morgan fingerprint density at radius 3 is 2.25 bits per heavy atom. The van der Waals surface area contributed by atoms with Crippen molar-refractivity contribution in [2.45, 2.75) is 52.1 Å². The van der Waals surface area contributed by atoms with E-state index in [4.69, 9.17) is 0 Å². The van der Waals surface area contributed by atoms with Crippen LogP contribution < -0.4 is 10.6 Å². The highest BCUT2D eigenvalue weighted by Gasteiger charge is 2.15. The fraction of sp³-hybridized carbons (Fsp3) is 0.818. The zero-order valence-corrected chi connectivity index (χ0v) is 11.8. The number of hydrogen-bond donors (Lipinski definition) is 2. The third kappa shape index (κ3) is 7.68. The van der Waals surface area contributed by atoms with Crippen molar-refractivity contribution in [2.24, 2.45) is 0 Å². The van der Waals surface area contributed by atoms with Gasteiger partial charge in [-0.2, -0.15) is 0 Å². The summed E-state index contributed by atoms with van der Waals surface area (Å²) in [6.45, 7) is 5.48. The molecule has 2 N–H and O–H groups in total. The molecule has 94 valence electrons. The van der Waals surface area contributed by atoms with E-state index in [0.717, 1.165) is 18.2 Å². The summed E-state index contributed by atoms with van der Waals surface area (Å²) >= 11 is 3.30. The molecule has 16 heavy (non-hydrogen) atoms. The first kappa shape index (κ1) is 15.4. The van der Waals surface area contributed by atoms with E-state index in [9.17, 15) is 9.59 Å². The van der Waals surface area contributed by atoms with Crippen molar-refractivity contribution in [1.82, 2.24) is 10.6 Å². The molecule has 0 aliphatic heterocycles. The van der Waals surface area contributed by atoms with Crippen molar-refractivity contribution in [3.63, 3.8) is 0 Å². The molecule has 0 heterocycles. The summed E-state index contributed by atoms with van der Waals surface area (Å²) in [7, 11) is 0. The average molecular weight is 293 g/mol. The number of halogens is 1. The van der Waals surface area contributed by atoms with Crippen LogP contribution in [0.25, 0.3) is 0 Å². The Labute approximate surface area is 106 Å². The molecule has 1 unspecified atom stereocenters. The summed E-state index contributed by atoms with van der Waals surface area (Å²) in [5.41, 5.74) is 0. The summed E-state index contributed by atoms with van der Waals surface area (Å²) in [5, 5.41) is 6.34. The Morgan fingerprint density at radius 2 is 1.75 bits per heavy atom. The maximum atomic E-state index is 11.5. The molecule has 0 aromatic heterocycles. The summed E-state index contributed by atoms with van der Waals surface area (Å²) in [4.78, 5) is 22.9. The monoisotopic (exact) mass is 292 g/mol. The van der Waals surface area contributed by atoms with Gasteiger partial charge in [-0.25, -0.2) is 0 Å². The third-order valence-electron chi connectivity index (χ3n) is 1.99. The molecule has 0 aliphatic carbocycles. The van der Waals surface area contributed by atoms with Crippen LogP contribution in [0.5, 0.6) is 0 Å². The second-order valence-corrected chi connectivity index (χ2v) is 4.89. The second-order valence-electron chi connectivity index (χ2n) is 4.10. The van der Waals surface area contributed by atoms with Gasteiger partial charge in [0, 0.05) is 17.8 Å². The van der Waals surface area contributed by atoms with E-state index in [0.29, 0.717) is 6.42 Å². The van der Waals surface area contributed by atoms with Crippen LogP contribution in [-0.2, 0) is 9.59 Å². The molecule has 1 atom stereocenters. The maximum absolute atomic E-state index is 11.5. The zero-order chi connectivity index (χ0) is 12.6. The molecular formula is C11H21BrN2O2. The molecule has 0 aliphatic rings. The molecule has 2 amide bonds. The fourth-order valence-corrected chi connectivity index (χ4v) is 1.57. The Balaban J connectivity index is 3.80. The molecule has 0 aromatic rings. The first-order chi connectivity index (χ1) is 7.47. The summed E-state index contributed by atoms with van der Waals surface area (Å²) in [6.07, 6.45) is 2.29. The zero-order valence-electron chi connectivity index (χ0n) is 10.2. The molecule has 4 nitrogen and oxygen atoms in total. The van der Waals surface area contributed by atoms with Crippen LogP contribution in [0.4, 0.5) is 0 Å². The van der Waals surface area contributed by atoms with Crippen LogP contribution in [0, 0.1) is 0 Å². The number of carbonyl (C=O) groups is 2. The minimum absolute atomic E-state index is 0.0626. The van der Waals surface area contributed by atoms with Gasteiger partial charge >= 0.3 is 0 Å². The molecular weight excluding hydrogens is 272 g/mol. The molecule has 5 heteroatoms. The number of rotatable bonds is 7. The van der Waals surface area contributed by atoms with Gasteiger partial charge in [-0.05, 0) is 33.6 Å². The van der Waals surface area contributed by atoms with Crippen LogP contribution in [0.3, 0.4) is 0 Å². The van der Waals surface area contributed by atoms with Gasteiger partial charge in [0.15, 0.2) is 0 Å². The normalized spacial score (nSPS) is 12.3. The van der Waals surface area contributed by atoms with E-state index < -0.39 is 6.04 Å². The topological polar surface area (TPSA) is 58.2 Å². The smallest absolute Gasteiger partial charge is 0.242 e. The van der Waals surface area contributed by atoms with Crippen molar-refractivity contribution >= 4 is 27.7 Å². The van der Waals surface area contributed by atoms with Crippen molar-refractivity contribution in [2.75, 3.05) is 5.33 Å². The Morgan fingerprint density at radius 1 is 1.12 bits per heavy atom. The number of nitrogens with one attached hydrogen (secondary N) is 2. The lowest BCUT2D eigenvalue weighted by atomic mass is 10.2. The molecule has 0 spiro atoms. The van der Waals surface area contributed by atoms with Crippen LogP contribution in [0.2, 0.25) is 0 Å². The van der Waals surface area contributed by atoms with Crippen LogP contribution >= 0.6 is 15.9 Å². The van der Waals surface area contributed by atoms with Crippen molar-refractivity contribution in [3.05, 3.63) is 0 Å². The van der Waals surface area contributed by atoms with E-state index in [1.54, 1.807) is 6.92 Å². The van der Waals surface area contributed by atoms with Gasteiger partial charge in [0.2, 0.25) is 11.8 Å². The highest BCUT2D eigenvalue weighted by molar-refractivity contribution is 9.09. The highest BCUT2D eigenvalue weighted by atomic mass is 79.9. The second kappa shape index (κ2) is 8.56. The van der Waals surface area contributed by atoms with Crippen LogP contribution in [-0.4, -0.2) is 29.2 Å². The Kier molecular flexibility index (Phi) is 8.25. The van der Waals surface area contributed by atoms with Gasteiger partial charge in [-0.15, -0.1) is 0 Å². The predicted octanol–water partition coefficient (Wildman–Crippen LogP) is 1.58. The summed E-state index contributed by atoms with van der Waals surface area (Å²) in [6, 6.07) is -0.362.